The first kappa shape index (κ1) is 30.2. The van der Waals surface area contributed by atoms with Gasteiger partial charge in [0.05, 0.1) is 0 Å². The topological polar surface area (TPSA) is 109 Å². The molecule has 3 aromatic rings. The van der Waals surface area contributed by atoms with E-state index >= 15 is 4.39 Å². The van der Waals surface area contributed by atoms with Crippen molar-refractivity contribution in [3.05, 3.63) is 70.7 Å². The van der Waals surface area contributed by atoms with Crippen LogP contribution in [0.1, 0.15) is 24.5 Å². The predicted octanol–water partition coefficient (Wildman–Crippen LogP) is 5.21. The lowest BCUT2D eigenvalue weighted by molar-refractivity contribution is -0.192. The van der Waals surface area contributed by atoms with Crippen LogP contribution in [0.3, 0.4) is 0 Å². The molecule has 0 bridgehead atoms. The molecule has 4 rings (SSSR count). The minimum absolute atomic E-state index is 0.00254. The van der Waals surface area contributed by atoms with Gasteiger partial charge in [-0.2, -0.15) is 13.2 Å². The summed E-state index contributed by atoms with van der Waals surface area (Å²) in [6.45, 7) is 5.38. The van der Waals surface area contributed by atoms with Crippen molar-refractivity contribution in [1.82, 2.24) is 9.88 Å². The molecule has 1 aliphatic rings. The Morgan fingerprint density at radius 3 is 2.46 bits per heavy atom. The van der Waals surface area contributed by atoms with Crippen LogP contribution in [0.15, 0.2) is 52.9 Å². The first-order valence-corrected chi connectivity index (χ1v) is 13.6. The molecular formula is C24H24F5N3O5S2. The number of thiazole rings is 1. The number of benzene rings is 2. The van der Waals surface area contributed by atoms with Gasteiger partial charge in [-0.3, -0.25) is 9.62 Å². The van der Waals surface area contributed by atoms with E-state index in [9.17, 15) is 26.0 Å². The number of ether oxygens (including phenoxy) is 1. The second kappa shape index (κ2) is 11.8. The van der Waals surface area contributed by atoms with E-state index in [0.29, 0.717) is 13.0 Å². The van der Waals surface area contributed by atoms with Gasteiger partial charge in [0.2, 0.25) is 0 Å². The maximum Gasteiger partial charge on any atom is 0.490 e. The van der Waals surface area contributed by atoms with E-state index in [1.54, 1.807) is 5.38 Å². The molecule has 1 unspecified atom stereocenters. The van der Waals surface area contributed by atoms with Crippen molar-refractivity contribution in [1.29, 1.82) is 0 Å². The molecular weight excluding hydrogens is 569 g/mol. The lowest BCUT2D eigenvalue weighted by Crippen LogP contribution is -2.36. The number of carboxylic acids is 1. The SMILES string of the molecule is Cc1c(OC2(C)CCN(Cc3ccccc3)C2)cc(F)c(S(=O)(=O)Nc2nccs2)c1F.O=C(O)C(F)(F)F. The number of rotatable bonds is 7. The number of anilines is 1. The van der Waals surface area contributed by atoms with Gasteiger partial charge < -0.3 is 9.84 Å². The molecule has 39 heavy (non-hydrogen) atoms. The van der Waals surface area contributed by atoms with Crippen molar-refractivity contribution >= 4 is 32.5 Å². The molecule has 8 nitrogen and oxygen atoms in total. The number of aromatic nitrogens is 1. The smallest absolute Gasteiger partial charge is 0.486 e. The van der Waals surface area contributed by atoms with Crippen molar-refractivity contribution in [3.8, 4) is 5.75 Å². The summed E-state index contributed by atoms with van der Waals surface area (Å²) in [6, 6.07) is 11.0. The van der Waals surface area contributed by atoms with E-state index in [4.69, 9.17) is 14.6 Å². The molecule has 2 aromatic carbocycles. The van der Waals surface area contributed by atoms with Crippen molar-refractivity contribution < 1.29 is 45.0 Å². The summed E-state index contributed by atoms with van der Waals surface area (Å²) in [5.41, 5.74) is 0.457. The Balaban J connectivity index is 0.000000532. The van der Waals surface area contributed by atoms with E-state index in [0.717, 1.165) is 30.5 Å². The highest BCUT2D eigenvalue weighted by Crippen LogP contribution is 2.35. The number of hydrogen-bond acceptors (Lipinski definition) is 7. The van der Waals surface area contributed by atoms with E-state index < -0.39 is 44.3 Å². The largest absolute Gasteiger partial charge is 0.490 e. The van der Waals surface area contributed by atoms with Crippen LogP contribution in [-0.2, 0) is 21.4 Å². The van der Waals surface area contributed by atoms with Crippen LogP contribution in [0.2, 0.25) is 0 Å². The summed E-state index contributed by atoms with van der Waals surface area (Å²) in [6.07, 6.45) is -3.02. The van der Waals surface area contributed by atoms with Crippen molar-refractivity contribution in [3.63, 3.8) is 0 Å². The number of carbonyl (C=O) groups is 1. The first-order chi connectivity index (χ1) is 18.1. The van der Waals surface area contributed by atoms with Gasteiger partial charge in [-0.25, -0.2) is 27.0 Å². The van der Waals surface area contributed by atoms with Crippen molar-refractivity contribution in [2.24, 2.45) is 0 Å². The summed E-state index contributed by atoms with van der Waals surface area (Å²) in [5, 5.41) is 8.70. The van der Waals surface area contributed by atoms with Crippen LogP contribution in [0.5, 0.6) is 5.75 Å². The predicted molar refractivity (Wildman–Crippen MR) is 133 cm³/mol. The summed E-state index contributed by atoms with van der Waals surface area (Å²) in [7, 11) is -4.49. The summed E-state index contributed by atoms with van der Waals surface area (Å²) < 4.78 is 94.9. The number of halogens is 5. The zero-order valence-electron chi connectivity index (χ0n) is 20.6. The van der Waals surface area contributed by atoms with Gasteiger partial charge in [0, 0.05) is 49.3 Å². The second-order valence-corrected chi connectivity index (χ2v) is 11.4. The standard InChI is InChI=1S/C22H23F2N3O3S2.C2HF3O2/c1-15-18(30-22(2)8-10-27(14-22)13-16-6-4-3-5-7-16)12-17(23)20(19(15)24)32(28,29)26-21-25-9-11-31-21;3-2(4,5)1(6)7/h3-7,9,11-12H,8,10,13-14H2,1-2H3,(H,25,26);(H,6,7). The number of hydrogen-bond donors (Lipinski definition) is 2. The Labute approximate surface area is 225 Å². The fourth-order valence-corrected chi connectivity index (χ4v) is 5.80. The fraction of sp³-hybridized carbons (Fsp3) is 0.333. The monoisotopic (exact) mass is 593 g/mol. The number of nitrogens with zero attached hydrogens (tertiary/aromatic N) is 2. The number of likely N-dealkylation sites (tertiary alicyclic amines) is 1. The fourth-order valence-electron chi connectivity index (χ4n) is 3.82. The van der Waals surface area contributed by atoms with E-state index in [-0.39, 0.29) is 16.4 Å². The summed E-state index contributed by atoms with van der Waals surface area (Å²) in [5.74, 6) is -5.15. The van der Waals surface area contributed by atoms with Crippen LogP contribution in [0.25, 0.3) is 0 Å². The third-order valence-corrected chi connectivity index (χ3v) is 7.85. The molecule has 2 heterocycles. The van der Waals surface area contributed by atoms with E-state index in [2.05, 4.69) is 14.6 Å². The Hall–Kier alpha value is -3.30. The molecule has 15 heteroatoms. The number of aliphatic carboxylic acids is 1. The first-order valence-electron chi connectivity index (χ1n) is 11.3. The number of sulfonamides is 1. The van der Waals surface area contributed by atoms with Crippen LogP contribution < -0.4 is 9.46 Å². The molecule has 2 N–H and O–H groups in total. The Morgan fingerprint density at radius 2 is 1.90 bits per heavy atom. The summed E-state index contributed by atoms with van der Waals surface area (Å²) >= 11 is 1.01. The molecule has 1 aromatic heterocycles. The molecule has 1 aliphatic heterocycles. The molecule has 1 fully saturated rings. The minimum atomic E-state index is -5.08. The molecule has 212 valence electrons. The van der Waals surface area contributed by atoms with Crippen LogP contribution >= 0.6 is 11.3 Å². The lowest BCUT2D eigenvalue weighted by atomic mass is 10.1. The molecule has 0 amide bonds. The Kier molecular flexibility index (Phi) is 9.18. The van der Waals surface area contributed by atoms with Crippen LogP contribution in [0.4, 0.5) is 27.1 Å². The molecule has 0 aliphatic carbocycles. The number of alkyl halides is 3. The number of carboxylic acid groups (broad SMARTS) is 1. The molecule has 0 spiro atoms. The van der Waals surface area contributed by atoms with Crippen LogP contribution in [-0.4, -0.2) is 54.2 Å². The van der Waals surface area contributed by atoms with Gasteiger partial charge in [-0.15, -0.1) is 11.3 Å². The van der Waals surface area contributed by atoms with Gasteiger partial charge in [0.1, 0.15) is 17.2 Å². The minimum Gasteiger partial charge on any atom is -0.486 e. The normalized spacial score (nSPS) is 17.8. The highest BCUT2D eigenvalue weighted by Gasteiger charge is 2.39. The number of nitrogens with one attached hydrogen (secondary N) is 1. The molecule has 0 saturated carbocycles. The van der Waals surface area contributed by atoms with Gasteiger partial charge in [-0.1, -0.05) is 30.3 Å². The maximum atomic E-state index is 15.0. The average molecular weight is 594 g/mol. The Bertz CT molecular complexity index is 1400. The van der Waals surface area contributed by atoms with Gasteiger partial charge in [0.25, 0.3) is 10.0 Å². The molecule has 1 saturated heterocycles. The zero-order valence-corrected chi connectivity index (χ0v) is 22.3. The highest BCUT2D eigenvalue weighted by atomic mass is 32.2. The molecule has 1 atom stereocenters. The van der Waals surface area contributed by atoms with Gasteiger partial charge in [-0.05, 0) is 19.4 Å². The average Bonchev–Trinajstić information content (AvgIpc) is 3.46. The van der Waals surface area contributed by atoms with Crippen molar-refractivity contribution in [2.45, 2.75) is 43.5 Å². The van der Waals surface area contributed by atoms with Gasteiger partial charge in [0.15, 0.2) is 15.8 Å². The lowest BCUT2D eigenvalue weighted by Gasteiger charge is -2.28. The summed E-state index contributed by atoms with van der Waals surface area (Å²) in [4.78, 5) is 13.9. The highest BCUT2D eigenvalue weighted by molar-refractivity contribution is 7.93. The third-order valence-electron chi connectivity index (χ3n) is 5.66. The third kappa shape index (κ3) is 7.86. The van der Waals surface area contributed by atoms with Gasteiger partial charge >= 0.3 is 12.1 Å². The van der Waals surface area contributed by atoms with Crippen LogP contribution in [0, 0.1) is 18.6 Å². The van der Waals surface area contributed by atoms with Crippen molar-refractivity contribution in [2.75, 3.05) is 17.8 Å². The van der Waals surface area contributed by atoms with E-state index in [1.807, 2.05) is 37.3 Å². The quantitative estimate of drug-likeness (QED) is 0.362. The maximum absolute atomic E-state index is 15.0. The zero-order chi connectivity index (χ0) is 29.0. The molecule has 0 radical (unpaired) electrons. The Morgan fingerprint density at radius 1 is 1.26 bits per heavy atom. The second-order valence-electron chi connectivity index (χ2n) is 8.87. The van der Waals surface area contributed by atoms with E-state index in [1.165, 1.54) is 18.7 Å².